The zero-order chi connectivity index (χ0) is 13.9. The summed E-state index contributed by atoms with van der Waals surface area (Å²) in [5.41, 5.74) is -0.347. The molecule has 0 atom stereocenters. The highest BCUT2D eigenvalue weighted by molar-refractivity contribution is 6.34. The Hall–Kier alpha value is -1.43. The van der Waals surface area contributed by atoms with Crippen LogP contribution in [0.3, 0.4) is 0 Å². The van der Waals surface area contributed by atoms with Gasteiger partial charge in [0.15, 0.2) is 0 Å². The number of benzene rings is 1. The van der Waals surface area contributed by atoms with Gasteiger partial charge in [-0.3, -0.25) is 0 Å². The van der Waals surface area contributed by atoms with Gasteiger partial charge in [-0.05, 0) is 19.1 Å². The molecule has 0 aliphatic carbocycles. The number of carboxylic acid groups (broad SMARTS) is 1. The minimum absolute atomic E-state index is 0.0279. The molecular weight excluding hydrogens is 271 g/mol. The zero-order valence-electron chi connectivity index (χ0n) is 9.46. The Labute approximate surface area is 107 Å². The molecule has 0 saturated heterocycles. The van der Waals surface area contributed by atoms with Gasteiger partial charge < -0.3 is 10.0 Å². The Morgan fingerprint density at radius 1 is 1.44 bits per heavy atom. The summed E-state index contributed by atoms with van der Waals surface area (Å²) in [5.74, 6) is -1.35. The number of aromatic carboxylic acids is 1. The van der Waals surface area contributed by atoms with Crippen molar-refractivity contribution in [2.75, 3.05) is 18.0 Å². The van der Waals surface area contributed by atoms with Gasteiger partial charge in [-0.2, -0.15) is 13.2 Å². The van der Waals surface area contributed by atoms with E-state index in [1.807, 2.05) is 0 Å². The van der Waals surface area contributed by atoms with Crippen molar-refractivity contribution in [2.24, 2.45) is 0 Å². The molecule has 0 unspecified atom stereocenters. The van der Waals surface area contributed by atoms with E-state index < -0.39 is 18.7 Å². The van der Waals surface area contributed by atoms with E-state index in [2.05, 4.69) is 0 Å². The highest BCUT2D eigenvalue weighted by Gasteiger charge is 2.32. The van der Waals surface area contributed by atoms with Crippen molar-refractivity contribution in [3.8, 4) is 0 Å². The van der Waals surface area contributed by atoms with E-state index in [1.54, 1.807) is 0 Å². The average Bonchev–Trinajstić information content (AvgIpc) is 2.23. The van der Waals surface area contributed by atoms with Crippen LogP contribution in [-0.4, -0.2) is 30.3 Å². The third-order valence-corrected chi connectivity index (χ3v) is 2.61. The van der Waals surface area contributed by atoms with Crippen molar-refractivity contribution in [1.29, 1.82) is 0 Å². The summed E-state index contributed by atoms with van der Waals surface area (Å²) in [4.78, 5) is 12.0. The number of nitrogens with zero attached hydrogens (tertiary/aromatic N) is 1. The van der Waals surface area contributed by atoms with E-state index in [-0.39, 0.29) is 22.8 Å². The van der Waals surface area contributed by atoms with Crippen LogP contribution in [-0.2, 0) is 0 Å². The first-order valence-corrected chi connectivity index (χ1v) is 5.47. The fourth-order valence-electron chi connectivity index (χ4n) is 1.57. The predicted molar refractivity (Wildman–Crippen MR) is 62.4 cm³/mol. The molecule has 1 aromatic carbocycles. The molecular formula is C11H11ClF3NO2. The van der Waals surface area contributed by atoms with Gasteiger partial charge >= 0.3 is 12.1 Å². The monoisotopic (exact) mass is 281 g/mol. The lowest BCUT2D eigenvalue weighted by Crippen LogP contribution is -2.35. The summed E-state index contributed by atoms with van der Waals surface area (Å²) in [6.07, 6.45) is -4.41. The van der Waals surface area contributed by atoms with Gasteiger partial charge in [-0.15, -0.1) is 0 Å². The number of halogens is 4. The maximum absolute atomic E-state index is 12.4. The summed E-state index contributed by atoms with van der Waals surface area (Å²) in [6, 6.07) is 4.06. The fraction of sp³-hybridized carbons (Fsp3) is 0.364. The van der Waals surface area contributed by atoms with Crippen molar-refractivity contribution < 1.29 is 23.1 Å². The quantitative estimate of drug-likeness (QED) is 0.919. The topological polar surface area (TPSA) is 40.5 Å². The summed E-state index contributed by atoms with van der Waals surface area (Å²) in [6.45, 7) is 0.322. The van der Waals surface area contributed by atoms with E-state index in [0.29, 0.717) is 0 Å². The van der Waals surface area contributed by atoms with Crippen LogP contribution in [0.2, 0.25) is 5.02 Å². The fourth-order valence-corrected chi connectivity index (χ4v) is 1.82. The van der Waals surface area contributed by atoms with Crippen LogP contribution < -0.4 is 4.90 Å². The number of carboxylic acids is 1. The molecule has 100 valence electrons. The van der Waals surface area contributed by atoms with Crippen LogP contribution in [0.5, 0.6) is 0 Å². The third-order valence-electron chi connectivity index (χ3n) is 2.30. The summed E-state index contributed by atoms with van der Waals surface area (Å²) in [7, 11) is 0. The highest BCUT2D eigenvalue weighted by atomic mass is 35.5. The first-order chi connectivity index (χ1) is 8.26. The number of anilines is 1. The normalized spacial score (nSPS) is 11.4. The smallest absolute Gasteiger partial charge is 0.405 e. The molecule has 0 aliphatic rings. The molecule has 0 radical (unpaired) electrons. The molecule has 18 heavy (non-hydrogen) atoms. The molecule has 0 aliphatic heterocycles. The molecule has 1 rings (SSSR count). The second-order valence-corrected chi connectivity index (χ2v) is 3.98. The lowest BCUT2D eigenvalue weighted by molar-refractivity contribution is -0.119. The van der Waals surface area contributed by atoms with Crippen molar-refractivity contribution >= 4 is 23.3 Å². The largest absolute Gasteiger partial charge is 0.478 e. The number of hydrogen-bond donors (Lipinski definition) is 1. The number of rotatable bonds is 4. The average molecular weight is 282 g/mol. The molecule has 0 aromatic heterocycles. The van der Waals surface area contributed by atoms with E-state index in [9.17, 15) is 18.0 Å². The molecule has 0 bridgehead atoms. The predicted octanol–water partition coefficient (Wildman–Crippen LogP) is 3.43. The maximum Gasteiger partial charge on any atom is 0.405 e. The summed E-state index contributed by atoms with van der Waals surface area (Å²) < 4.78 is 37.2. The Morgan fingerprint density at radius 3 is 2.50 bits per heavy atom. The van der Waals surface area contributed by atoms with Crippen LogP contribution in [0.1, 0.15) is 17.3 Å². The SMILES string of the molecule is CCN(CC(F)(F)F)c1cccc(Cl)c1C(=O)O. The Bertz CT molecular complexity index is 448. The van der Waals surface area contributed by atoms with Crippen molar-refractivity contribution in [3.63, 3.8) is 0 Å². The standard InChI is InChI=1S/C11H11ClF3NO2/c1-2-16(6-11(13,14)15)8-5-3-4-7(12)9(8)10(17)18/h3-5H,2,6H2,1H3,(H,17,18). The van der Waals surface area contributed by atoms with Crippen LogP contribution in [0.25, 0.3) is 0 Å². The first kappa shape index (κ1) is 14.6. The van der Waals surface area contributed by atoms with Crippen molar-refractivity contribution in [1.82, 2.24) is 0 Å². The Kier molecular flexibility index (Phi) is 4.45. The molecule has 0 amide bonds. The number of hydrogen-bond acceptors (Lipinski definition) is 2. The van der Waals surface area contributed by atoms with Crippen molar-refractivity contribution in [3.05, 3.63) is 28.8 Å². The first-order valence-electron chi connectivity index (χ1n) is 5.09. The second kappa shape index (κ2) is 5.48. The lowest BCUT2D eigenvalue weighted by atomic mass is 10.1. The molecule has 0 spiro atoms. The lowest BCUT2D eigenvalue weighted by Gasteiger charge is -2.26. The zero-order valence-corrected chi connectivity index (χ0v) is 10.2. The molecule has 3 nitrogen and oxygen atoms in total. The molecule has 0 heterocycles. The third kappa shape index (κ3) is 3.53. The highest BCUT2D eigenvalue weighted by Crippen LogP contribution is 2.29. The van der Waals surface area contributed by atoms with Crippen molar-refractivity contribution in [2.45, 2.75) is 13.1 Å². The molecule has 0 saturated carbocycles. The van der Waals surface area contributed by atoms with E-state index >= 15 is 0 Å². The van der Waals surface area contributed by atoms with Gasteiger partial charge in [0.1, 0.15) is 12.1 Å². The van der Waals surface area contributed by atoms with Gasteiger partial charge in [0, 0.05) is 6.54 Å². The Morgan fingerprint density at radius 2 is 2.06 bits per heavy atom. The van der Waals surface area contributed by atoms with E-state index in [0.717, 1.165) is 4.90 Å². The Balaban J connectivity index is 3.21. The summed E-state index contributed by atoms with van der Waals surface area (Å²) >= 11 is 5.71. The van der Waals surface area contributed by atoms with Gasteiger partial charge in [-0.25, -0.2) is 4.79 Å². The van der Waals surface area contributed by atoms with Gasteiger partial charge in [0.25, 0.3) is 0 Å². The minimum atomic E-state index is -4.41. The van der Waals surface area contributed by atoms with Crippen LogP contribution in [0.15, 0.2) is 18.2 Å². The maximum atomic E-state index is 12.4. The minimum Gasteiger partial charge on any atom is -0.478 e. The van der Waals surface area contributed by atoms with Crippen LogP contribution >= 0.6 is 11.6 Å². The second-order valence-electron chi connectivity index (χ2n) is 3.57. The van der Waals surface area contributed by atoms with Crippen LogP contribution in [0.4, 0.5) is 18.9 Å². The molecule has 0 fully saturated rings. The van der Waals surface area contributed by atoms with E-state index in [1.165, 1.54) is 25.1 Å². The molecule has 1 N–H and O–H groups in total. The molecule has 7 heteroatoms. The van der Waals surface area contributed by atoms with Gasteiger partial charge in [-0.1, -0.05) is 17.7 Å². The van der Waals surface area contributed by atoms with Gasteiger partial charge in [0.05, 0.1) is 10.7 Å². The van der Waals surface area contributed by atoms with Gasteiger partial charge in [0.2, 0.25) is 0 Å². The number of carbonyl (C=O) groups is 1. The summed E-state index contributed by atoms with van der Waals surface area (Å²) in [5, 5.41) is 8.91. The number of alkyl halides is 3. The van der Waals surface area contributed by atoms with E-state index in [4.69, 9.17) is 16.7 Å². The van der Waals surface area contributed by atoms with Crippen LogP contribution in [0, 0.1) is 0 Å². The molecule has 1 aromatic rings.